The fourth-order valence-corrected chi connectivity index (χ4v) is 2.21. The minimum absolute atomic E-state index is 0.0253. The van der Waals surface area contributed by atoms with E-state index in [9.17, 15) is 13.2 Å². The number of Topliss-reactive ketones (excluding diaryl/α,β-unsaturated/α-hetero) is 1. The number of nitrogens with zero attached hydrogens (tertiary/aromatic N) is 2. The van der Waals surface area contributed by atoms with Crippen molar-refractivity contribution in [3.05, 3.63) is 5.01 Å². The van der Waals surface area contributed by atoms with Crippen LogP contribution in [0.2, 0.25) is 0 Å². The molecule has 1 aromatic rings. The van der Waals surface area contributed by atoms with Crippen molar-refractivity contribution in [2.45, 2.75) is 24.1 Å². The van der Waals surface area contributed by atoms with Crippen molar-refractivity contribution in [2.24, 2.45) is 5.14 Å². The molecule has 0 aliphatic heterocycles. The lowest BCUT2D eigenvalue weighted by molar-refractivity contribution is -0.116. The van der Waals surface area contributed by atoms with Crippen LogP contribution in [0, 0.1) is 0 Å². The average molecular weight is 234 g/mol. The van der Waals surface area contributed by atoms with Crippen LogP contribution in [-0.2, 0) is 21.2 Å². The van der Waals surface area contributed by atoms with Crippen molar-refractivity contribution in [1.82, 2.24) is 10.2 Å². The maximum absolute atomic E-state index is 10.8. The fourth-order valence-electron chi connectivity index (χ4n) is 0.737. The number of primary sulfonamides is 1. The Hall–Kier alpha value is -0.860. The first-order valence-corrected chi connectivity index (χ1v) is 6.10. The molecule has 1 heterocycles. The molecule has 0 spiro atoms. The van der Waals surface area contributed by atoms with Gasteiger partial charge in [0.25, 0.3) is 10.0 Å². The summed E-state index contributed by atoms with van der Waals surface area (Å²) in [5, 5.41) is 12.4. The number of aromatic nitrogens is 2. The Bertz CT molecular complexity index is 437. The van der Waals surface area contributed by atoms with Crippen LogP contribution >= 0.6 is 11.3 Å². The van der Waals surface area contributed by atoms with Crippen molar-refractivity contribution in [3.8, 4) is 0 Å². The Kier molecular flexibility index (Phi) is 3.29. The summed E-state index contributed by atoms with van der Waals surface area (Å²) in [7, 11) is -3.76. The molecular formula is C6H9N3O3S2. The Balaban J connectivity index is 2.74. The van der Waals surface area contributed by atoms with E-state index >= 15 is 0 Å². The highest BCUT2D eigenvalue weighted by atomic mass is 32.2. The number of rotatable bonds is 4. The highest BCUT2D eigenvalue weighted by Gasteiger charge is 2.14. The summed E-state index contributed by atoms with van der Waals surface area (Å²) in [4.78, 5) is 10.6. The van der Waals surface area contributed by atoms with E-state index < -0.39 is 10.0 Å². The van der Waals surface area contributed by atoms with Gasteiger partial charge in [-0.2, -0.15) is 0 Å². The number of hydrogen-bond donors (Lipinski definition) is 1. The molecule has 0 bridgehead atoms. The summed E-state index contributed by atoms with van der Waals surface area (Å²) in [5.74, 6) is 0.0253. The van der Waals surface area contributed by atoms with Crippen molar-refractivity contribution >= 4 is 27.1 Å². The van der Waals surface area contributed by atoms with E-state index in [2.05, 4.69) is 10.2 Å². The number of hydrogen-bond acceptors (Lipinski definition) is 6. The molecule has 0 radical (unpaired) electrons. The zero-order valence-corrected chi connectivity index (χ0v) is 9.06. The summed E-state index contributed by atoms with van der Waals surface area (Å²) >= 11 is 0.894. The average Bonchev–Trinajstić information content (AvgIpc) is 2.47. The minimum atomic E-state index is -3.76. The summed E-state index contributed by atoms with van der Waals surface area (Å²) in [5.41, 5.74) is 0. The van der Waals surface area contributed by atoms with Gasteiger partial charge in [0, 0.05) is 12.8 Å². The predicted molar refractivity (Wildman–Crippen MR) is 50.3 cm³/mol. The minimum Gasteiger partial charge on any atom is -0.300 e. The van der Waals surface area contributed by atoms with Crippen LogP contribution in [0.25, 0.3) is 0 Å². The van der Waals surface area contributed by atoms with Gasteiger partial charge in [0.05, 0.1) is 0 Å². The highest BCUT2D eigenvalue weighted by Crippen LogP contribution is 2.15. The number of nitrogens with two attached hydrogens (primary N) is 1. The van der Waals surface area contributed by atoms with Crippen LogP contribution in [0.3, 0.4) is 0 Å². The number of aryl methyl sites for hydroxylation is 1. The zero-order chi connectivity index (χ0) is 10.8. The lowest BCUT2D eigenvalue weighted by Crippen LogP contribution is -2.11. The molecule has 6 nitrogen and oxygen atoms in total. The normalized spacial score (nSPS) is 11.6. The quantitative estimate of drug-likeness (QED) is 0.770. The van der Waals surface area contributed by atoms with Gasteiger partial charge < -0.3 is 4.79 Å². The molecule has 1 aromatic heterocycles. The Morgan fingerprint density at radius 1 is 1.50 bits per heavy atom. The van der Waals surface area contributed by atoms with E-state index in [0.29, 0.717) is 17.8 Å². The van der Waals surface area contributed by atoms with Crippen molar-refractivity contribution in [2.75, 3.05) is 0 Å². The van der Waals surface area contributed by atoms with Gasteiger partial charge in [0.1, 0.15) is 10.8 Å². The molecule has 78 valence electrons. The van der Waals surface area contributed by atoms with Gasteiger partial charge in [-0.1, -0.05) is 11.3 Å². The molecule has 0 fully saturated rings. The van der Waals surface area contributed by atoms with E-state index in [1.807, 2.05) is 0 Å². The third-order valence-electron chi connectivity index (χ3n) is 1.38. The molecule has 0 aliphatic carbocycles. The Morgan fingerprint density at radius 3 is 2.57 bits per heavy atom. The fraction of sp³-hybridized carbons (Fsp3) is 0.500. The second kappa shape index (κ2) is 4.11. The first-order valence-electron chi connectivity index (χ1n) is 3.74. The molecule has 0 saturated heterocycles. The molecule has 0 aromatic carbocycles. The van der Waals surface area contributed by atoms with Crippen LogP contribution in [0.5, 0.6) is 0 Å². The molecule has 0 aliphatic rings. The summed E-state index contributed by atoms with van der Waals surface area (Å²) in [6, 6.07) is 0. The first-order chi connectivity index (χ1) is 6.39. The van der Waals surface area contributed by atoms with Crippen molar-refractivity contribution < 1.29 is 13.2 Å². The maximum Gasteiger partial charge on any atom is 0.267 e. The third-order valence-corrected chi connectivity index (χ3v) is 3.68. The topological polar surface area (TPSA) is 103 Å². The van der Waals surface area contributed by atoms with E-state index in [-0.39, 0.29) is 10.1 Å². The molecule has 0 atom stereocenters. The summed E-state index contributed by atoms with van der Waals surface area (Å²) in [6.07, 6.45) is 0.738. The van der Waals surface area contributed by atoms with E-state index in [0.717, 1.165) is 11.3 Å². The highest BCUT2D eigenvalue weighted by molar-refractivity contribution is 7.91. The Labute approximate surface area is 85.2 Å². The monoisotopic (exact) mass is 234 g/mol. The number of ketones is 1. The first kappa shape index (κ1) is 11.2. The molecule has 1 rings (SSSR count). The summed E-state index contributed by atoms with van der Waals surface area (Å²) < 4.78 is 21.4. The van der Waals surface area contributed by atoms with E-state index in [4.69, 9.17) is 5.14 Å². The van der Waals surface area contributed by atoms with Crippen LogP contribution in [0.15, 0.2) is 4.34 Å². The molecule has 8 heteroatoms. The standard InChI is InChI=1S/C6H9N3O3S2/c1-4(10)2-3-5-8-9-6(13-5)14(7,11)12/h2-3H2,1H3,(H2,7,11,12)/i4-1. The SMILES string of the molecule is C[11C](=O)CCc1nnc(S(N)(=O)=O)s1. The lowest BCUT2D eigenvalue weighted by Gasteiger charge is -1.89. The molecule has 0 amide bonds. The zero-order valence-electron chi connectivity index (χ0n) is 7.43. The van der Waals surface area contributed by atoms with E-state index in [1.54, 1.807) is 0 Å². The molecule has 0 saturated carbocycles. The van der Waals surface area contributed by atoms with Crippen molar-refractivity contribution in [3.63, 3.8) is 0 Å². The molecule has 14 heavy (non-hydrogen) atoms. The maximum atomic E-state index is 10.8. The van der Waals surface area contributed by atoms with Gasteiger partial charge in [0.2, 0.25) is 4.34 Å². The van der Waals surface area contributed by atoms with Gasteiger partial charge in [-0.05, 0) is 6.92 Å². The smallest absolute Gasteiger partial charge is 0.267 e. The van der Waals surface area contributed by atoms with E-state index in [1.165, 1.54) is 6.92 Å². The lowest BCUT2D eigenvalue weighted by atomic mass is 9.84. The summed E-state index contributed by atoms with van der Waals surface area (Å²) in [6.45, 7) is 1.46. The number of carbonyl (C=O) groups is 1. The number of sulfonamides is 1. The molecule has 2 N–H and O–H groups in total. The van der Waals surface area contributed by atoms with Crippen molar-refractivity contribution in [1.29, 1.82) is 0 Å². The second-order valence-electron chi connectivity index (χ2n) is 2.71. The van der Waals surface area contributed by atoms with Gasteiger partial charge in [-0.25, -0.2) is 13.6 Å². The second-order valence-corrected chi connectivity index (χ2v) is 5.51. The van der Waals surface area contributed by atoms with Gasteiger partial charge >= 0.3 is 0 Å². The number of carbonyl (C=O) groups excluding carboxylic acids is 1. The predicted octanol–water partition coefficient (Wildman–Crippen LogP) is -0.293. The van der Waals surface area contributed by atoms with Gasteiger partial charge in [-0.15, -0.1) is 10.2 Å². The van der Waals surface area contributed by atoms with Crippen LogP contribution in [0.4, 0.5) is 0 Å². The molecule has 0 unspecified atom stereocenters. The third kappa shape index (κ3) is 3.13. The van der Waals surface area contributed by atoms with Crippen LogP contribution < -0.4 is 5.14 Å². The largest absolute Gasteiger partial charge is 0.300 e. The van der Waals surface area contributed by atoms with Gasteiger partial charge in [0.15, 0.2) is 0 Å². The van der Waals surface area contributed by atoms with Crippen LogP contribution in [0.1, 0.15) is 18.4 Å². The van der Waals surface area contributed by atoms with Gasteiger partial charge in [-0.3, -0.25) is 0 Å². The van der Waals surface area contributed by atoms with Crippen LogP contribution in [-0.4, -0.2) is 24.4 Å². The Morgan fingerprint density at radius 2 is 2.14 bits per heavy atom. The molecular weight excluding hydrogens is 225 g/mol.